The zero-order chi connectivity index (χ0) is 22.4. The molecule has 0 fully saturated rings. The van der Waals surface area contributed by atoms with Crippen LogP contribution in [0.4, 0.5) is 5.69 Å². The third-order valence-electron chi connectivity index (χ3n) is 5.20. The van der Waals surface area contributed by atoms with Crippen molar-refractivity contribution in [1.82, 2.24) is 0 Å². The van der Waals surface area contributed by atoms with Crippen LogP contribution in [0.25, 0.3) is 0 Å². The Bertz CT molecular complexity index is 938. The third-order valence-corrected chi connectivity index (χ3v) is 5.20. The highest BCUT2D eigenvalue weighted by Crippen LogP contribution is 2.20. The lowest BCUT2D eigenvalue weighted by Gasteiger charge is -2.10. The largest absolute Gasteiger partial charge is 0.494 e. The van der Waals surface area contributed by atoms with Crippen molar-refractivity contribution in [2.45, 2.75) is 45.4 Å². The summed E-state index contributed by atoms with van der Waals surface area (Å²) in [6, 6.07) is 25.2. The number of ether oxygens (including phenoxy) is 2. The smallest absolute Gasteiger partial charge is 0.255 e. The number of unbranched alkanes of at least 4 members (excludes halogenated alkanes) is 3. The van der Waals surface area contributed by atoms with Gasteiger partial charge in [0.1, 0.15) is 11.5 Å². The summed E-state index contributed by atoms with van der Waals surface area (Å²) in [7, 11) is 0. The minimum Gasteiger partial charge on any atom is -0.494 e. The number of carbonyl (C=O) groups excluding carboxylic acids is 1. The van der Waals surface area contributed by atoms with E-state index in [0.717, 1.165) is 30.8 Å². The van der Waals surface area contributed by atoms with Gasteiger partial charge in [0.05, 0.1) is 13.2 Å². The lowest BCUT2D eigenvalue weighted by Crippen LogP contribution is -2.12. The Morgan fingerprint density at radius 3 is 2.28 bits per heavy atom. The van der Waals surface area contributed by atoms with Crippen molar-refractivity contribution >= 4 is 11.6 Å². The fraction of sp³-hybridized carbons (Fsp3) is 0.321. The summed E-state index contributed by atoms with van der Waals surface area (Å²) >= 11 is 0. The molecule has 4 heteroatoms. The fourth-order valence-electron chi connectivity index (χ4n) is 3.40. The van der Waals surface area contributed by atoms with Crippen molar-refractivity contribution in [1.29, 1.82) is 0 Å². The Hall–Kier alpha value is -3.27. The zero-order valence-corrected chi connectivity index (χ0v) is 18.9. The second-order valence-electron chi connectivity index (χ2n) is 7.85. The molecule has 0 bridgehead atoms. The summed E-state index contributed by atoms with van der Waals surface area (Å²) in [6.07, 6.45) is 6.62. The highest BCUT2D eigenvalue weighted by atomic mass is 16.5. The van der Waals surface area contributed by atoms with Crippen LogP contribution in [0.2, 0.25) is 0 Å². The summed E-state index contributed by atoms with van der Waals surface area (Å²) in [5.41, 5.74) is 2.62. The summed E-state index contributed by atoms with van der Waals surface area (Å²) in [6.45, 7) is 3.54. The van der Waals surface area contributed by atoms with Crippen LogP contribution in [0.15, 0.2) is 78.9 Å². The van der Waals surface area contributed by atoms with Crippen molar-refractivity contribution in [3.05, 3.63) is 90.0 Å². The highest BCUT2D eigenvalue weighted by molar-refractivity contribution is 6.04. The van der Waals surface area contributed by atoms with Gasteiger partial charge in [-0.15, -0.1) is 0 Å². The number of aryl methyl sites for hydroxylation is 1. The van der Waals surface area contributed by atoms with E-state index in [4.69, 9.17) is 9.47 Å². The van der Waals surface area contributed by atoms with Gasteiger partial charge < -0.3 is 14.8 Å². The van der Waals surface area contributed by atoms with E-state index in [0.29, 0.717) is 24.5 Å². The van der Waals surface area contributed by atoms with Crippen molar-refractivity contribution in [3.8, 4) is 11.5 Å². The van der Waals surface area contributed by atoms with Gasteiger partial charge in [-0.25, -0.2) is 0 Å². The van der Waals surface area contributed by atoms with E-state index in [9.17, 15) is 4.79 Å². The van der Waals surface area contributed by atoms with Gasteiger partial charge in [0.2, 0.25) is 0 Å². The topological polar surface area (TPSA) is 47.6 Å². The van der Waals surface area contributed by atoms with E-state index >= 15 is 0 Å². The first-order valence-corrected chi connectivity index (χ1v) is 11.6. The van der Waals surface area contributed by atoms with Gasteiger partial charge in [-0.1, -0.05) is 62.6 Å². The van der Waals surface area contributed by atoms with E-state index in [-0.39, 0.29) is 5.91 Å². The van der Waals surface area contributed by atoms with E-state index in [1.165, 1.54) is 24.8 Å². The van der Waals surface area contributed by atoms with Gasteiger partial charge >= 0.3 is 0 Å². The summed E-state index contributed by atoms with van der Waals surface area (Å²) in [5, 5.41) is 2.94. The van der Waals surface area contributed by atoms with E-state index < -0.39 is 0 Å². The molecule has 3 aromatic carbocycles. The van der Waals surface area contributed by atoms with Crippen molar-refractivity contribution in [3.63, 3.8) is 0 Å². The molecule has 32 heavy (non-hydrogen) atoms. The van der Waals surface area contributed by atoms with Gasteiger partial charge in [0.15, 0.2) is 0 Å². The average molecular weight is 432 g/mol. The molecule has 0 aliphatic heterocycles. The van der Waals surface area contributed by atoms with Crippen LogP contribution in [-0.2, 0) is 6.42 Å². The number of rotatable bonds is 13. The molecule has 4 nitrogen and oxygen atoms in total. The average Bonchev–Trinajstić information content (AvgIpc) is 2.83. The normalized spacial score (nSPS) is 10.5. The predicted molar refractivity (Wildman–Crippen MR) is 131 cm³/mol. The molecule has 0 saturated heterocycles. The van der Waals surface area contributed by atoms with E-state index in [1.807, 2.05) is 42.5 Å². The van der Waals surface area contributed by atoms with Crippen molar-refractivity contribution in [2.75, 3.05) is 18.5 Å². The number of nitrogens with one attached hydrogen (secondary N) is 1. The predicted octanol–water partition coefficient (Wildman–Crippen LogP) is 6.91. The first-order chi connectivity index (χ1) is 15.7. The molecule has 168 valence electrons. The van der Waals surface area contributed by atoms with Crippen LogP contribution in [0.1, 0.15) is 54.9 Å². The minimum absolute atomic E-state index is 0.152. The molecule has 0 heterocycles. The number of amides is 1. The molecule has 0 aliphatic carbocycles. The van der Waals surface area contributed by atoms with Crippen LogP contribution in [0.5, 0.6) is 11.5 Å². The third kappa shape index (κ3) is 8.10. The van der Waals surface area contributed by atoms with Crippen LogP contribution in [0, 0.1) is 0 Å². The first kappa shape index (κ1) is 23.4. The zero-order valence-electron chi connectivity index (χ0n) is 18.9. The number of anilines is 1. The van der Waals surface area contributed by atoms with Crippen LogP contribution >= 0.6 is 0 Å². The maximum Gasteiger partial charge on any atom is 0.255 e. The molecule has 3 rings (SSSR count). The standard InChI is InChI=1S/C28H33NO3/c1-2-3-4-8-20-31-26-18-16-24(17-19-26)28(30)29-25-14-9-15-27(22-25)32-21-10-13-23-11-6-5-7-12-23/h5-7,9,11-12,14-19,22H,2-4,8,10,13,20-21H2,1H3,(H,29,30). The first-order valence-electron chi connectivity index (χ1n) is 11.6. The number of hydrogen-bond acceptors (Lipinski definition) is 3. The Kier molecular flexibility index (Phi) is 9.66. The van der Waals surface area contributed by atoms with Crippen LogP contribution < -0.4 is 14.8 Å². The Labute approximate surface area is 191 Å². The molecule has 1 amide bonds. The second kappa shape index (κ2) is 13.2. The summed E-state index contributed by atoms with van der Waals surface area (Å²) in [4.78, 5) is 12.6. The Morgan fingerprint density at radius 1 is 0.750 bits per heavy atom. The van der Waals surface area contributed by atoms with Gasteiger partial charge in [-0.3, -0.25) is 4.79 Å². The number of benzene rings is 3. The van der Waals surface area contributed by atoms with Crippen molar-refractivity contribution in [2.24, 2.45) is 0 Å². The van der Waals surface area contributed by atoms with E-state index in [2.05, 4.69) is 36.5 Å². The lowest BCUT2D eigenvalue weighted by molar-refractivity contribution is 0.102. The van der Waals surface area contributed by atoms with Crippen LogP contribution in [0.3, 0.4) is 0 Å². The number of carbonyl (C=O) groups is 1. The molecule has 1 N–H and O–H groups in total. The Morgan fingerprint density at radius 2 is 1.50 bits per heavy atom. The Balaban J connectivity index is 1.43. The quantitative estimate of drug-likeness (QED) is 0.299. The molecule has 0 spiro atoms. The maximum absolute atomic E-state index is 12.6. The molecule has 0 unspecified atom stereocenters. The van der Waals surface area contributed by atoms with Gasteiger partial charge in [0.25, 0.3) is 5.91 Å². The molecule has 0 atom stereocenters. The van der Waals surface area contributed by atoms with Gasteiger partial charge in [0, 0.05) is 17.3 Å². The van der Waals surface area contributed by atoms with Gasteiger partial charge in [-0.2, -0.15) is 0 Å². The minimum atomic E-state index is -0.152. The monoisotopic (exact) mass is 431 g/mol. The molecule has 0 aliphatic rings. The van der Waals surface area contributed by atoms with Crippen LogP contribution in [-0.4, -0.2) is 19.1 Å². The molecular formula is C28H33NO3. The lowest BCUT2D eigenvalue weighted by atomic mass is 10.1. The van der Waals surface area contributed by atoms with Gasteiger partial charge in [-0.05, 0) is 61.2 Å². The summed E-state index contributed by atoms with van der Waals surface area (Å²) < 4.78 is 11.6. The number of hydrogen-bond donors (Lipinski definition) is 1. The maximum atomic E-state index is 12.6. The van der Waals surface area contributed by atoms with E-state index in [1.54, 1.807) is 12.1 Å². The molecule has 0 aromatic heterocycles. The molecule has 0 saturated carbocycles. The fourth-order valence-corrected chi connectivity index (χ4v) is 3.40. The highest BCUT2D eigenvalue weighted by Gasteiger charge is 2.07. The molecule has 3 aromatic rings. The molecular weight excluding hydrogens is 398 g/mol. The molecule has 0 radical (unpaired) electrons. The summed E-state index contributed by atoms with van der Waals surface area (Å²) in [5.74, 6) is 1.40. The SMILES string of the molecule is CCCCCCOc1ccc(C(=O)Nc2cccc(OCCCc3ccccc3)c2)cc1. The second-order valence-corrected chi connectivity index (χ2v) is 7.85. The van der Waals surface area contributed by atoms with Crippen molar-refractivity contribution < 1.29 is 14.3 Å².